The largest absolute Gasteiger partial charge is 0.352 e. The van der Waals surface area contributed by atoms with Crippen LogP contribution in [0.4, 0.5) is 5.69 Å². The van der Waals surface area contributed by atoms with Crippen LogP contribution in [0.15, 0.2) is 72.8 Å². The van der Waals surface area contributed by atoms with Gasteiger partial charge < -0.3 is 10.2 Å². The van der Waals surface area contributed by atoms with Crippen LogP contribution in [0.1, 0.15) is 54.4 Å². The minimum Gasteiger partial charge on any atom is -0.352 e. The van der Waals surface area contributed by atoms with Gasteiger partial charge in [-0.2, -0.15) is 0 Å². The van der Waals surface area contributed by atoms with E-state index < -0.39 is 28.5 Å². The van der Waals surface area contributed by atoms with Gasteiger partial charge >= 0.3 is 0 Å². The number of rotatable bonds is 11. The van der Waals surface area contributed by atoms with Gasteiger partial charge in [-0.1, -0.05) is 91.0 Å². The van der Waals surface area contributed by atoms with Crippen LogP contribution < -0.4 is 9.62 Å². The van der Waals surface area contributed by atoms with Crippen LogP contribution >= 0.6 is 11.6 Å². The van der Waals surface area contributed by atoms with Crippen molar-refractivity contribution in [1.29, 1.82) is 0 Å². The number of halogens is 1. The lowest BCUT2D eigenvalue weighted by atomic mass is 9.94. The van der Waals surface area contributed by atoms with Crippen molar-refractivity contribution in [2.75, 3.05) is 17.1 Å². The highest BCUT2D eigenvalue weighted by Crippen LogP contribution is 2.25. The third kappa shape index (κ3) is 8.58. The molecule has 0 radical (unpaired) electrons. The van der Waals surface area contributed by atoms with E-state index in [4.69, 9.17) is 11.6 Å². The van der Waals surface area contributed by atoms with Crippen molar-refractivity contribution in [2.45, 2.75) is 71.0 Å². The molecule has 9 heteroatoms. The fraction of sp³-hybridized carbons (Fsp3) is 0.394. The summed E-state index contributed by atoms with van der Waals surface area (Å²) in [7, 11) is -3.82. The lowest BCUT2D eigenvalue weighted by Gasteiger charge is -2.35. The molecule has 1 aliphatic rings. The molecule has 0 aromatic heterocycles. The standard InChI is InChI=1S/C33H40ClN3O4S/c1-24-14-19-30(25(2)20-24)37(42(3,40)41)23-32(38)36(22-27-15-17-28(34)18-16-27)31(21-26-10-6-4-7-11-26)33(39)35-29-12-8-5-9-13-29/h4,6-7,10-11,14-20,29,31H,5,8-9,12-13,21-23H2,1-3H3,(H,35,39)/t31-/m0/s1. The number of amides is 2. The van der Waals surface area contributed by atoms with Crippen molar-refractivity contribution in [1.82, 2.24) is 10.2 Å². The van der Waals surface area contributed by atoms with Crippen molar-refractivity contribution >= 4 is 39.1 Å². The Labute approximate surface area is 254 Å². The van der Waals surface area contributed by atoms with Crippen LogP contribution in [0.2, 0.25) is 5.02 Å². The lowest BCUT2D eigenvalue weighted by molar-refractivity contribution is -0.140. The quantitative estimate of drug-likeness (QED) is 0.297. The van der Waals surface area contributed by atoms with Gasteiger partial charge in [0.05, 0.1) is 11.9 Å². The van der Waals surface area contributed by atoms with Crippen molar-refractivity contribution in [3.63, 3.8) is 0 Å². The number of anilines is 1. The molecule has 1 aliphatic carbocycles. The van der Waals surface area contributed by atoms with Crippen LogP contribution in [-0.4, -0.2) is 50.0 Å². The molecule has 1 atom stereocenters. The first kappa shape index (κ1) is 31.6. The van der Waals surface area contributed by atoms with E-state index in [2.05, 4.69) is 5.32 Å². The molecule has 4 rings (SSSR count). The molecule has 0 saturated heterocycles. The predicted molar refractivity (Wildman–Crippen MR) is 169 cm³/mol. The Morgan fingerprint density at radius 2 is 1.60 bits per heavy atom. The molecule has 7 nitrogen and oxygen atoms in total. The van der Waals surface area contributed by atoms with E-state index in [-0.39, 0.29) is 18.5 Å². The third-order valence-corrected chi connectivity index (χ3v) is 9.17. The molecule has 0 heterocycles. The molecule has 42 heavy (non-hydrogen) atoms. The number of benzene rings is 3. The van der Waals surface area contributed by atoms with E-state index >= 15 is 0 Å². The normalized spacial score (nSPS) is 14.7. The first-order valence-electron chi connectivity index (χ1n) is 14.4. The number of hydrogen-bond acceptors (Lipinski definition) is 4. The summed E-state index contributed by atoms with van der Waals surface area (Å²) in [5.74, 6) is -0.694. The second kappa shape index (κ2) is 14.2. The number of sulfonamides is 1. The molecule has 0 aliphatic heterocycles. The van der Waals surface area contributed by atoms with E-state index in [0.717, 1.165) is 64.9 Å². The van der Waals surface area contributed by atoms with E-state index in [1.807, 2.05) is 68.4 Å². The van der Waals surface area contributed by atoms with Gasteiger partial charge in [0, 0.05) is 24.0 Å². The van der Waals surface area contributed by atoms with Gasteiger partial charge in [-0.3, -0.25) is 13.9 Å². The minimum absolute atomic E-state index is 0.0553. The van der Waals surface area contributed by atoms with E-state index in [0.29, 0.717) is 17.1 Å². The molecule has 3 aromatic carbocycles. The summed E-state index contributed by atoms with van der Waals surface area (Å²) in [6.07, 6.45) is 6.47. The number of carbonyl (C=O) groups excluding carboxylic acids is 2. The number of aryl methyl sites for hydroxylation is 2. The van der Waals surface area contributed by atoms with Crippen LogP contribution in [0.25, 0.3) is 0 Å². The molecule has 1 saturated carbocycles. The summed E-state index contributed by atoms with van der Waals surface area (Å²) in [4.78, 5) is 29.8. The molecule has 1 fully saturated rings. The third-order valence-electron chi connectivity index (χ3n) is 7.79. The predicted octanol–water partition coefficient (Wildman–Crippen LogP) is 5.81. The van der Waals surface area contributed by atoms with Gasteiger partial charge in [-0.15, -0.1) is 0 Å². The first-order chi connectivity index (χ1) is 20.0. The highest BCUT2D eigenvalue weighted by molar-refractivity contribution is 7.92. The highest BCUT2D eigenvalue weighted by Gasteiger charge is 2.34. The summed E-state index contributed by atoms with van der Waals surface area (Å²) in [6, 6.07) is 21.4. The van der Waals surface area contributed by atoms with E-state index in [1.54, 1.807) is 18.2 Å². The summed E-state index contributed by atoms with van der Waals surface area (Å²) in [5.41, 5.74) is 3.86. The first-order valence-corrected chi connectivity index (χ1v) is 16.7. The topological polar surface area (TPSA) is 86.8 Å². The van der Waals surface area contributed by atoms with Gasteiger partial charge in [0.1, 0.15) is 12.6 Å². The summed E-state index contributed by atoms with van der Waals surface area (Å²) in [5, 5.41) is 3.77. The Kier molecular flexibility index (Phi) is 10.7. The molecule has 0 spiro atoms. The SMILES string of the molecule is Cc1ccc(N(CC(=O)N(Cc2ccc(Cl)cc2)[C@@H](Cc2ccccc2)C(=O)NC2CCCCC2)S(C)(=O)=O)c(C)c1. The molecule has 2 amide bonds. The van der Waals surface area contributed by atoms with Crippen LogP contribution in [0.5, 0.6) is 0 Å². The average Bonchev–Trinajstić information content (AvgIpc) is 2.95. The zero-order chi connectivity index (χ0) is 30.3. The fourth-order valence-electron chi connectivity index (χ4n) is 5.56. The highest BCUT2D eigenvalue weighted by atomic mass is 35.5. The van der Waals surface area contributed by atoms with Crippen molar-refractivity contribution in [3.05, 3.63) is 100 Å². The maximum Gasteiger partial charge on any atom is 0.244 e. The van der Waals surface area contributed by atoms with Gasteiger partial charge in [0.2, 0.25) is 21.8 Å². The Balaban J connectivity index is 1.73. The van der Waals surface area contributed by atoms with Gasteiger partial charge in [0.25, 0.3) is 0 Å². The number of carbonyl (C=O) groups is 2. The fourth-order valence-corrected chi connectivity index (χ4v) is 6.60. The Morgan fingerprint density at radius 1 is 0.929 bits per heavy atom. The molecular weight excluding hydrogens is 570 g/mol. The number of nitrogens with one attached hydrogen (secondary N) is 1. The number of hydrogen-bond donors (Lipinski definition) is 1. The van der Waals surface area contributed by atoms with E-state index in [1.165, 1.54) is 4.90 Å². The monoisotopic (exact) mass is 609 g/mol. The summed E-state index contributed by atoms with van der Waals surface area (Å²) >= 11 is 6.13. The van der Waals surface area contributed by atoms with Gasteiger partial charge in [-0.05, 0) is 61.6 Å². The minimum atomic E-state index is -3.82. The van der Waals surface area contributed by atoms with E-state index in [9.17, 15) is 18.0 Å². The lowest BCUT2D eigenvalue weighted by Crippen LogP contribution is -2.55. The Hall–Kier alpha value is -3.36. The van der Waals surface area contributed by atoms with Crippen LogP contribution in [0, 0.1) is 13.8 Å². The molecule has 1 N–H and O–H groups in total. The van der Waals surface area contributed by atoms with Crippen LogP contribution in [-0.2, 0) is 32.6 Å². The molecule has 0 unspecified atom stereocenters. The Bertz CT molecular complexity index is 1470. The van der Waals surface area contributed by atoms with Crippen molar-refractivity contribution in [2.24, 2.45) is 0 Å². The molecule has 3 aromatic rings. The zero-order valence-electron chi connectivity index (χ0n) is 24.6. The maximum atomic E-state index is 14.3. The van der Waals surface area contributed by atoms with Crippen molar-refractivity contribution < 1.29 is 18.0 Å². The summed E-state index contributed by atoms with van der Waals surface area (Å²) < 4.78 is 27.2. The Morgan fingerprint density at radius 3 is 2.21 bits per heavy atom. The zero-order valence-corrected chi connectivity index (χ0v) is 26.1. The van der Waals surface area contributed by atoms with Gasteiger partial charge in [-0.25, -0.2) is 8.42 Å². The van der Waals surface area contributed by atoms with Crippen molar-refractivity contribution in [3.8, 4) is 0 Å². The number of nitrogens with zero attached hydrogens (tertiary/aromatic N) is 2. The van der Waals surface area contributed by atoms with Crippen LogP contribution in [0.3, 0.4) is 0 Å². The molecule has 224 valence electrons. The smallest absolute Gasteiger partial charge is 0.244 e. The second-order valence-corrected chi connectivity index (χ2v) is 13.6. The average molecular weight is 610 g/mol. The van der Waals surface area contributed by atoms with Gasteiger partial charge in [0.15, 0.2) is 0 Å². The summed E-state index contributed by atoms with van der Waals surface area (Å²) in [6.45, 7) is 3.44. The molecule has 0 bridgehead atoms. The molecular formula is C33H40ClN3O4S. The second-order valence-electron chi connectivity index (χ2n) is 11.3. The maximum absolute atomic E-state index is 14.3.